The van der Waals surface area contributed by atoms with E-state index in [1.165, 1.54) is 12.8 Å². The molecule has 1 aliphatic heterocycles. The molecule has 4 heteroatoms. The van der Waals surface area contributed by atoms with Crippen LogP contribution in [0.15, 0.2) is 12.1 Å². The Balaban J connectivity index is 2.05. The molecule has 0 bridgehead atoms. The number of fused-ring (bicyclic) bond motifs is 1. The Labute approximate surface area is 93.0 Å². The number of rotatable bonds is 1. The van der Waals surface area contributed by atoms with Crippen molar-refractivity contribution in [3.8, 4) is 0 Å². The van der Waals surface area contributed by atoms with Crippen molar-refractivity contribution < 1.29 is 4.39 Å². The van der Waals surface area contributed by atoms with Gasteiger partial charge in [0.2, 0.25) is 0 Å². The van der Waals surface area contributed by atoms with Crippen LogP contribution in [0.25, 0.3) is 0 Å². The lowest BCUT2D eigenvalue weighted by Gasteiger charge is -2.32. The van der Waals surface area contributed by atoms with Gasteiger partial charge in [0.05, 0.1) is 16.4 Å². The molecular formula is C11H12ClFN2. The van der Waals surface area contributed by atoms with Crippen LogP contribution in [0.2, 0.25) is 5.02 Å². The van der Waals surface area contributed by atoms with Gasteiger partial charge >= 0.3 is 0 Å². The maximum atomic E-state index is 13.4. The van der Waals surface area contributed by atoms with Gasteiger partial charge in [-0.15, -0.1) is 0 Å². The largest absolute Gasteiger partial charge is 0.382 e. The molecule has 1 heterocycles. The zero-order valence-electron chi connectivity index (χ0n) is 8.26. The summed E-state index contributed by atoms with van der Waals surface area (Å²) < 4.78 is 13.4. The number of benzene rings is 1. The minimum atomic E-state index is -0.329. The van der Waals surface area contributed by atoms with Crippen molar-refractivity contribution in [2.24, 2.45) is 0 Å². The van der Waals surface area contributed by atoms with Gasteiger partial charge in [0, 0.05) is 25.2 Å². The third-order valence-electron chi connectivity index (χ3n) is 3.00. The molecule has 0 radical (unpaired) electrons. The van der Waals surface area contributed by atoms with Crippen molar-refractivity contribution in [2.45, 2.75) is 18.9 Å². The second-order valence-corrected chi connectivity index (χ2v) is 4.54. The van der Waals surface area contributed by atoms with Crippen LogP contribution in [0.3, 0.4) is 0 Å². The number of nitrogens with one attached hydrogen (secondary N) is 1. The van der Waals surface area contributed by atoms with Crippen molar-refractivity contribution in [2.75, 3.05) is 23.3 Å². The van der Waals surface area contributed by atoms with Gasteiger partial charge < -0.3 is 10.2 Å². The fourth-order valence-corrected chi connectivity index (χ4v) is 2.28. The third-order valence-corrected chi connectivity index (χ3v) is 3.29. The van der Waals surface area contributed by atoms with Crippen LogP contribution in [-0.4, -0.2) is 19.1 Å². The van der Waals surface area contributed by atoms with Crippen molar-refractivity contribution in [3.05, 3.63) is 23.0 Å². The molecule has 0 saturated heterocycles. The molecule has 1 aliphatic carbocycles. The van der Waals surface area contributed by atoms with Crippen LogP contribution in [0.4, 0.5) is 15.8 Å². The summed E-state index contributed by atoms with van der Waals surface area (Å²) in [5, 5.41) is 3.44. The van der Waals surface area contributed by atoms with Crippen molar-refractivity contribution >= 4 is 23.0 Å². The Morgan fingerprint density at radius 2 is 2.20 bits per heavy atom. The Bertz CT molecular complexity index is 404. The zero-order chi connectivity index (χ0) is 10.4. The van der Waals surface area contributed by atoms with Crippen LogP contribution in [0.1, 0.15) is 12.8 Å². The average Bonchev–Trinajstić information content (AvgIpc) is 3.02. The predicted molar refractivity (Wildman–Crippen MR) is 60.3 cm³/mol. The van der Waals surface area contributed by atoms with Gasteiger partial charge in [-0.25, -0.2) is 4.39 Å². The minimum Gasteiger partial charge on any atom is -0.382 e. The van der Waals surface area contributed by atoms with E-state index in [-0.39, 0.29) is 10.8 Å². The molecule has 1 saturated carbocycles. The number of anilines is 2. The van der Waals surface area contributed by atoms with E-state index < -0.39 is 0 Å². The summed E-state index contributed by atoms with van der Waals surface area (Å²) in [6, 6.07) is 3.84. The van der Waals surface area contributed by atoms with Gasteiger partial charge in [0.1, 0.15) is 5.82 Å². The summed E-state index contributed by atoms with van der Waals surface area (Å²) in [7, 11) is 0. The minimum absolute atomic E-state index is 0.193. The van der Waals surface area contributed by atoms with Gasteiger partial charge in [-0.2, -0.15) is 0 Å². The standard InChI is InChI=1S/C11H12ClFN2/c12-8-5-10-11(6-9(8)13)15(4-3-14-10)7-1-2-7/h5-7,14H,1-4H2. The first-order chi connectivity index (χ1) is 7.25. The molecule has 1 aromatic rings. The molecular weight excluding hydrogens is 215 g/mol. The van der Waals surface area contributed by atoms with E-state index in [1.54, 1.807) is 12.1 Å². The van der Waals surface area contributed by atoms with Crippen molar-refractivity contribution in [1.82, 2.24) is 0 Å². The van der Waals surface area contributed by atoms with Crippen LogP contribution in [-0.2, 0) is 0 Å². The quantitative estimate of drug-likeness (QED) is 0.792. The van der Waals surface area contributed by atoms with E-state index in [4.69, 9.17) is 11.6 Å². The molecule has 1 aromatic carbocycles. The number of hydrogen-bond acceptors (Lipinski definition) is 2. The zero-order valence-corrected chi connectivity index (χ0v) is 9.02. The SMILES string of the molecule is Fc1cc2c(cc1Cl)NCCN2C1CC1. The molecule has 0 spiro atoms. The first kappa shape index (κ1) is 9.28. The van der Waals surface area contributed by atoms with Gasteiger partial charge in [-0.05, 0) is 18.9 Å². The molecule has 2 aliphatic rings. The molecule has 0 unspecified atom stereocenters. The van der Waals surface area contributed by atoms with E-state index in [0.29, 0.717) is 6.04 Å². The molecule has 0 atom stereocenters. The molecule has 80 valence electrons. The Morgan fingerprint density at radius 3 is 2.93 bits per heavy atom. The molecule has 3 rings (SSSR count). The lowest BCUT2D eigenvalue weighted by atomic mass is 10.2. The fourth-order valence-electron chi connectivity index (χ4n) is 2.11. The van der Waals surface area contributed by atoms with E-state index >= 15 is 0 Å². The highest BCUT2D eigenvalue weighted by Gasteiger charge is 2.32. The summed E-state index contributed by atoms with van der Waals surface area (Å²) in [6.07, 6.45) is 2.45. The highest BCUT2D eigenvalue weighted by Crippen LogP contribution is 2.39. The number of hydrogen-bond donors (Lipinski definition) is 1. The highest BCUT2D eigenvalue weighted by atomic mass is 35.5. The Hall–Kier alpha value is -0.960. The number of nitrogens with zero attached hydrogens (tertiary/aromatic N) is 1. The third kappa shape index (κ3) is 1.55. The molecule has 1 fully saturated rings. The maximum Gasteiger partial charge on any atom is 0.144 e. The maximum absolute atomic E-state index is 13.4. The van der Waals surface area contributed by atoms with Gasteiger partial charge in [0.25, 0.3) is 0 Å². The van der Waals surface area contributed by atoms with E-state index in [9.17, 15) is 4.39 Å². The van der Waals surface area contributed by atoms with E-state index in [1.807, 2.05) is 0 Å². The van der Waals surface area contributed by atoms with Crippen LogP contribution in [0, 0.1) is 5.82 Å². The van der Waals surface area contributed by atoms with Crippen molar-refractivity contribution in [3.63, 3.8) is 0 Å². The summed E-state index contributed by atoms with van der Waals surface area (Å²) in [5.41, 5.74) is 1.92. The monoisotopic (exact) mass is 226 g/mol. The Kier molecular flexibility index (Phi) is 2.02. The fraction of sp³-hybridized carbons (Fsp3) is 0.455. The predicted octanol–water partition coefficient (Wildman–Crippen LogP) is 2.87. The van der Waals surface area contributed by atoms with E-state index in [0.717, 1.165) is 24.5 Å². The smallest absolute Gasteiger partial charge is 0.144 e. The van der Waals surface area contributed by atoms with Crippen LogP contribution >= 0.6 is 11.6 Å². The summed E-state index contributed by atoms with van der Waals surface area (Å²) in [6.45, 7) is 1.87. The average molecular weight is 227 g/mol. The molecule has 1 N–H and O–H groups in total. The highest BCUT2D eigenvalue weighted by molar-refractivity contribution is 6.31. The lowest BCUT2D eigenvalue weighted by Crippen LogP contribution is -2.35. The molecule has 0 aromatic heterocycles. The van der Waals surface area contributed by atoms with Gasteiger partial charge in [-0.1, -0.05) is 11.6 Å². The van der Waals surface area contributed by atoms with Crippen LogP contribution < -0.4 is 10.2 Å². The second-order valence-electron chi connectivity index (χ2n) is 4.13. The van der Waals surface area contributed by atoms with Gasteiger partial charge in [-0.3, -0.25) is 0 Å². The van der Waals surface area contributed by atoms with Crippen LogP contribution in [0.5, 0.6) is 0 Å². The summed E-state index contributed by atoms with van der Waals surface area (Å²) in [5.74, 6) is -0.329. The first-order valence-electron chi connectivity index (χ1n) is 5.25. The molecule has 15 heavy (non-hydrogen) atoms. The summed E-state index contributed by atoms with van der Waals surface area (Å²) in [4.78, 5) is 2.28. The summed E-state index contributed by atoms with van der Waals surface area (Å²) >= 11 is 5.76. The lowest BCUT2D eigenvalue weighted by molar-refractivity contribution is 0.626. The molecule has 0 amide bonds. The van der Waals surface area contributed by atoms with E-state index in [2.05, 4.69) is 10.2 Å². The Morgan fingerprint density at radius 1 is 1.40 bits per heavy atom. The normalized spacial score (nSPS) is 19.7. The number of halogens is 2. The molecule has 2 nitrogen and oxygen atoms in total. The second kappa shape index (κ2) is 3.27. The first-order valence-corrected chi connectivity index (χ1v) is 5.63. The van der Waals surface area contributed by atoms with Crippen molar-refractivity contribution in [1.29, 1.82) is 0 Å². The topological polar surface area (TPSA) is 15.3 Å². The van der Waals surface area contributed by atoms with Gasteiger partial charge in [0.15, 0.2) is 0 Å².